The number of ether oxygens (including phenoxy) is 1. The summed E-state index contributed by atoms with van der Waals surface area (Å²) in [6.07, 6.45) is 0.746. The van der Waals surface area contributed by atoms with Crippen LogP contribution in [0.5, 0.6) is 0 Å². The number of nitrogens with zero attached hydrogens (tertiary/aromatic N) is 1. The Morgan fingerprint density at radius 3 is 2.86 bits per heavy atom. The van der Waals surface area contributed by atoms with E-state index in [4.69, 9.17) is 9.15 Å². The van der Waals surface area contributed by atoms with Gasteiger partial charge in [-0.15, -0.1) is 0 Å². The van der Waals surface area contributed by atoms with Crippen LogP contribution in [-0.4, -0.2) is 46.1 Å². The molecule has 2 unspecified atom stereocenters. The van der Waals surface area contributed by atoms with E-state index in [2.05, 4.69) is 12.2 Å². The number of piperidine rings is 1. The van der Waals surface area contributed by atoms with Crippen LogP contribution >= 0.6 is 0 Å². The number of aryl methyl sites for hydroxylation is 1. The molecule has 0 aliphatic carbocycles. The summed E-state index contributed by atoms with van der Waals surface area (Å²) in [4.78, 5) is 0.261. The van der Waals surface area contributed by atoms with Gasteiger partial charge < -0.3 is 14.5 Å². The van der Waals surface area contributed by atoms with E-state index in [9.17, 15) is 8.42 Å². The predicted octanol–water partition coefficient (Wildman–Crippen LogP) is 1.35. The molecule has 0 spiro atoms. The quantitative estimate of drug-likeness (QED) is 0.888. The van der Waals surface area contributed by atoms with Gasteiger partial charge in [0.2, 0.25) is 10.0 Å². The zero-order chi connectivity index (χ0) is 15.6. The molecule has 0 bridgehead atoms. The Morgan fingerprint density at radius 1 is 1.52 bits per heavy atom. The molecule has 1 aliphatic rings. The van der Waals surface area contributed by atoms with E-state index in [-0.39, 0.29) is 11.0 Å². The molecule has 1 saturated heterocycles. The van der Waals surface area contributed by atoms with Crippen LogP contribution < -0.4 is 5.32 Å². The first-order chi connectivity index (χ1) is 9.90. The molecule has 0 radical (unpaired) electrons. The molecule has 7 heteroatoms. The van der Waals surface area contributed by atoms with E-state index < -0.39 is 10.0 Å². The maximum atomic E-state index is 12.8. The molecule has 1 aromatic rings. The van der Waals surface area contributed by atoms with Crippen LogP contribution in [0.2, 0.25) is 0 Å². The van der Waals surface area contributed by atoms with Crippen molar-refractivity contribution in [3.8, 4) is 0 Å². The number of methoxy groups -OCH3 is 1. The van der Waals surface area contributed by atoms with Gasteiger partial charge >= 0.3 is 0 Å². The largest absolute Gasteiger partial charge is 0.464 e. The van der Waals surface area contributed by atoms with Crippen molar-refractivity contribution in [3.05, 3.63) is 17.6 Å². The Bertz CT molecular complexity index is 582. The van der Waals surface area contributed by atoms with Crippen LogP contribution in [0.25, 0.3) is 0 Å². The van der Waals surface area contributed by atoms with Crippen molar-refractivity contribution in [1.82, 2.24) is 9.62 Å². The van der Waals surface area contributed by atoms with Gasteiger partial charge in [0.25, 0.3) is 0 Å². The molecule has 120 valence electrons. The highest BCUT2D eigenvalue weighted by Crippen LogP contribution is 2.28. The normalized spacial score (nSPS) is 24.4. The van der Waals surface area contributed by atoms with Gasteiger partial charge in [0.1, 0.15) is 16.4 Å². The molecule has 1 N–H and O–H groups in total. The zero-order valence-corrected chi connectivity index (χ0v) is 13.9. The van der Waals surface area contributed by atoms with Gasteiger partial charge in [0.15, 0.2) is 0 Å². The Balaban J connectivity index is 2.25. The number of hydrogen-bond acceptors (Lipinski definition) is 5. The van der Waals surface area contributed by atoms with E-state index in [0.717, 1.165) is 6.42 Å². The molecular formula is C14H24N2O4S. The molecule has 1 aliphatic heterocycles. The molecule has 2 heterocycles. The van der Waals surface area contributed by atoms with E-state index >= 15 is 0 Å². The van der Waals surface area contributed by atoms with Crippen molar-refractivity contribution in [1.29, 1.82) is 0 Å². The summed E-state index contributed by atoms with van der Waals surface area (Å²) < 4.78 is 38.0. The second kappa shape index (κ2) is 6.48. The van der Waals surface area contributed by atoms with Gasteiger partial charge in [-0.2, -0.15) is 4.31 Å². The minimum atomic E-state index is -3.52. The fourth-order valence-corrected chi connectivity index (χ4v) is 4.36. The lowest BCUT2D eigenvalue weighted by atomic mass is 9.97. The van der Waals surface area contributed by atoms with E-state index in [1.54, 1.807) is 27.1 Å². The Kier molecular flexibility index (Phi) is 5.08. The van der Waals surface area contributed by atoms with Crippen molar-refractivity contribution in [3.63, 3.8) is 0 Å². The van der Waals surface area contributed by atoms with Crippen molar-refractivity contribution < 1.29 is 17.6 Å². The Labute approximate surface area is 126 Å². The molecule has 0 amide bonds. The second-order valence-corrected chi connectivity index (χ2v) is 7.47. The average molecular weight is 316 g/mol. The number of furan rings is 1. The predicted molar refractivity (Wildman–Crippen MR) is 79.5 cm³/mol. The fourth-order valence-electron chi connectivity index (χ4n) is 2.71. The van der Waals surface area contributed by atoms with Crippen LogP contribution in [0.1, 0.15) is 24.9 Å². The van der Waals surface area contributed by atoms with Crippen LogP contribution in [0.15, 0.2) is 15.4 Å². The van der Waals surface area contributed by atoms with Gasteiger partial charge in [-0.05, 0) is 26.3 Å². The first-order valence-corrected chi connectivity index (χ1v) is 8.61. The van der Waals surface area contributed by atoms with Gasteiger partial charge in [-0.1, -0.05) is 6.92 Å². The highest BCUT2D eigenvalue weighted by Gasteiger charge is 2.35. The summed E-state index contributed by atoms with van der Waals surface area (Å²) in [5, 5.41) is 2.96. The minimum Gasteiger partial charge on any atom is -0.464 e. The molecule has 0 aromatic carbocycles. The number of sulfonamides is 1. The number of hydrogen-bond donors (Lipinski definition) is 1. The standard InChI is InChI=1S/C14H24N2O4S/c1-10-5-6-16(9-13(10)19-4)21(17,18)14-7-12(8-15-3)20-11(14)2/h7,10,13,15H,5-6,8-9H2,1-4H3. The van der Waals surface area contributed by atoms with Crippen LogP contribution in [0.4, 0.5) is 0 Å². The highest BCUT2D eigenvalue weighted by atomic mass is 32.2. The molecule has 6 nitrogen and oxygen atoms in total. The summed E-state index contributed by atoms with van der Waals surface area (Å²) in [6, 6.07) is 1.61. The van der Waals surface area contributed by atoms with Gasteiger partial charge in [-0.25, -0.2) is 8.42 Å². The molecule has 2 atom stereocenters. The van der Waals surface area contributed by atoms with Crippen LogP contribution in [-0.2, 0) is 21.3 Å². The topological polar surface area (TPSA) is 71.8 Å². The maximum Gasteiger partial charge on any atom is 0.246 e. The second-order valence-electron chi connectivity index (χ2n) is 5.57. The molecule has 1 aromatic heterocycles. The highest BCUT2D eigenvalue weighted by molar-refractivity contribution is 7.89. The lowest BCUT2D eigenvalue weighted by Crippen LogP contribution is -2.46. The molecule has 21 heavy (non-hydrogen) atoms. The van der Waals surface area contributed by atoms with E-state index in [1.807, 2.05) is 0 Å². The van der Waals surface area contributed by atoms with Gasteiger partial charge in [0, 0.05) is 26.3 Å². The average Bonchev–Trinajstić information content (AvgIpc) is 2.81. The third-order valence-corrected chi connectivity index (χ3v) is 6.02. The SMILES string of the molecule is CNCc1cc(S(=O)(=O)N2CCC(C)C(OC)C2)c(C)o1. The van der Waals surface area contributed by atoms with Gasteiger partial charge in [-0.3, -0.25) is 0 Å². The maximum absolute atomic E-state index is 12.8. The minimum absolute atomic E-state index is 0.0579. The zero-order valence-electron chi connectivity index (χ0n) is 13.0. The number of nitrogens with one attached hydrogen (secondary N) is 1. The first-order valence-electron chi connectivity index (χ1n) is 7.17. The lowest BCUT2D eigenvalue weighted by Gasteiger charge is -2.35. The third kappa shape index (κ3) is 3.31. The van der Waals surface area contributed by atoms with Gasteiger partial charge in [0.05, 0.1) is 12.6 Å². The monoisotopic (exact) mass is 316 g/mol. The third-order valence-electron chi connectivity index (χ3n) is 4.05. The van der Waals surface area contributed by atoms with E-state index in [1.165, 1.54) is 4.31 Å². The molecular weight excluding hydrogens is 292 g/mol. The van der Waals surface area contributed by atoms with Crippen molar-refractivity contribution in [2.24, 2.45) is 5.92 Å². The Morgan fingerprint density at radius 2 is 2.24 bits per heavy atom. The summed E-state index contributed by atoms with van der Waals surface area (Å²) in [7, 11) is -0.102. The summed E-state index contributed by atoms with van der Waals surface area (Å²) in [6.45, 7) is 5.20. The Hall–Kier alpha value is -0.890. The van der Waals surface area contributed by atoms with Crippen molar-refractivity contribution in [2.75, 3.05) is 27.2 Å². The smallest absolute Gasteiger partial charge is 0.246 e. The van der Waals surface area contributed by atoms with Crippen molar-refractivity contribution >= 4 is 10.0 Å². The summed E-state index contributed by atoms with van der Waals surface area (Å²) in [5.41, 5.74) is 0. The summed E-state index contributed by atoms with van der Waals surface area (Å²) in [5.74, 6) is 1.43. The fraction of sp³-hybridized carbons (Fsp3) is 0.714. The number of rotatable bonds is 5. The van der Waals surface area contributed by atoms with Crippen LogP contribution in [0, 0.1) is 12.8 Å². The first kappa shape index (κ1) is 16.5. The molecule has 0 saturated carbocycles. The molecule has 1 fully saturated rings. The van der Waals surface area contributed by atoms with Crippen molar-refractivity contribution in [2.45, 2.75) is 37.8 Å². The molecule has 2 rings (SSSR count). The summed E-state index contributed by atoms with van der Waals surface area (Å²) >= 11 is 0. The lowest BCUT2D eigenvalue weighted by molar-refractivity contribution is 0.0183. The van der Waals surface area contributed by atoms with Crippen LogP contribution in [0.3, 0.4) is 0 Å². The van der Waals surface area contributed by atoms with E-state index in [0.29, 0.717) is 37.1 Å².